The van der Waals surface area contributed by atoms with Gasteiger partial charge in [-0.1, -0.05) is 13.0 Å². The number of aromatic amines is 1. The van der Waals surface area contributed by atoms with Crippen molar-refractivity contribution < 1.29 is 12.8 Å². The summed E-state index contributed by atoms with van der Waals surface area (Å²) < 4.78 is 39.1. The van der Waals surface area contributed by atoms with Gasteiger partial charge in [0, 0.05) is 35.8 Å². The summed E-state index contributed by atoms with van der Waals surface area (Å²) >= 11 is 0. The highest BCUT2D eigenvalue weighted by Gasteiger charge is 2.24. The number of H-pyrrole nitrogens is 1. The topological polar surface area (TPSA) is 53.2 Å². The first-order valence-corrected chi connectivity index (χ1v) is 9.06. The van der Waals surface area contributed by atoms with Crippen LogP contribution in [0.2, 0.25) is 0 Å². The Morgan fingerprint density at radius 1 is 1.36 bits per heavy atom. The molecule has 0 unspecified atom stereocenters. The van der Waals surface area contributed by atoms with Crippen LogP contribution in [0.15, 0.2) is 30.5 Å². The molecule has 22 heavy (non-hydrogen) atoms. The minimum absolute atomic E-state index is 0.189. The predicted molar refractivity (Wildman–Crippen MR) is 86.5 cm³/mol. The van der Waals surface area contributed by atoms with E-state index < -0.39 is 10.0 Å². The first-order valence-electron chi connectivity index (χ1n) is 7.45. The average Bonchev–Trinajstić information content (AvgIpc) is 2.90. The van der Waals surface area contributed by atoms with E-state index in [0.717, 1.165) is 22.0 Å². The standard InChI is InChI=1S/C16H19FN2O2S/c1-2-9-22(20,21)19-7-5-12(6-8-19)15-11-18-16-4-3-13(17)10-14(15)16/h3-5,10-11,18H,2,6-9H2,1H3. The normalized spacial score (nSPS) is 16.9. The summed E-state index contributed by atoms with van der Waals surface area (Å²) in [4.78, 5) is 3.14. The lowest BCUT2D eigenvalue weighted by molar-refractivity contribution is 0.441. The number of nitrogens with one attached hydrogen (secondary N) is 1. The molecule has 6 heteroatoms. The average molecular weight is 322 g/mol. The summed E-state index contributed by atoms with van der Waals surface area (Å²) in [6.07, 6.45) is 5.07. The van der Waals surface area contributed by atoms with E-state index in [4.69, 9.17) is 0 Å². The smallest absolute Gasteiger partial charge is 0.214 e. The Morgan fingerprint density at radius 3 is 2.86 bits per heavy atom. The molecule has 0 atom stereocenters. The maximum atomic E-state index is 13.4. The fourth-order valence-corrected chi connectivity index (χ4v) is 4.34. The summed E-state index contributed by atoms with van der Waals surface area (Å²) in [6, 6.07) is 4.66. The van der Waals surface area contributed by atoms with Gasteiger partial charge in [-0.05, 0) is 36.6 Å². The largest absolute Gasteiger partial charge is 0.361 e. The van der Waals surface area contributed by atoms with Crippen LogP contribution in [0, 0.1) is 5.82 Å². The molecule has 1 aliphatic heterocycles. The Bertz CT molecular complexity index is 824. The van der Waals surface area contributed by atoms with Gasteiger partial charge in [0.1, 0.15) is 5.82 Å². The van der Waals surface area contributed by atoms with Crippen molar-refractivity contribution in [1.82, 2.24) is 9.29 Å². The molecule has 1 aliphatic rings. The van der Waals surface area contributed by atoms with Gasteiger partial charge in [-0.3, -0.25) is 0 Å². The summed E-state index contributed by atoms with van der Waals surface area (Å²) in [7, 11) is -3.15. The molecule has 0 radical (unpaired) electrons. The highest BCUT2D eigenvalue weighted by molar-refractivity contribution is 7.89. The quantitative estimate of drug-likeness (QED) is 0.940. The Labute approximate surface area is 129 Å². The minimum atomic E-state index is -3.15. The van der Waals surface area contributed by atoms with Crippen molar-refractivity contribution in [3.05, 3.63) is 41.9 Å². The van der Waals surface area contributed by atoms with Crippen molar-refractivity contribution in [2.45, 2.75) is 19.8 Å². The first-order chi connectivity index (χ1) is 10.5. The molecule has 0 aliphatic carbocycles. The van der Waals surface area contributed by atoms with Crippen LogP contribution in [0.4, 0.5) is 4.39 Å². The van der Waals surface area contributed by atoms with Gasteiger partial charge < -0.3 is 4.98 Å². The van der Waals surface area contributed by atoms with Gasteiger partial charge in [0.25, 0.3) is 0 Å². The monoisotopic (exact) mass is 322 g/mol. The van der Waals surface area contributed by atoms with E-state index in [1.807, 2.05) is 19.2 Å². The molecule has 3 rings (SSSR count). The van der Waals surface area contributed by atoms with E-state index in [-0.39, 0.29) is 11.6 Å². The highest BCUT2D eigenvalue weighted by Crippen LogP contribution is 2.30. The molecule has 1 aromatic heterocycles. The number of sulfonamides is 1. The summed E-state index contributed by atoms with van der Waals surface area (Å²) in [5.74, 6) is -0.0778. The number of halogens is 1. The van der Waals surface area contributed by atoms with Gasteiger partial charge in [-0.15, -0.1) is 0 Å². The van der Waals surface area contributed by atoms with Gasteiger partial charge in [-0.2, -0.15) is 4.31 Å². The van der Waals surface area contributed by atoms with E-state index in [2.05, 4.69) is 4.98 Å². The van der Waals surface area contributed by atoms with Gasteiger partial charge in [0.15, 0.2) is 0 Å². The Balaban J connectivity index is 1.88. The van der Waals surface area contributed by atoms with Crippen LogP contribution >= 0.6 is 0 Å². The lowest BCUT2D eigenvalue weighted by Gasteiger charge is -2.25. The summed E-state index contributed by atoms with van der Waals surface area (Å²) in [6.45, 7) is 2.74. The van der Waals surface area contributed by atoms with Gasteiger partial charge in [-0.25, -0.2) is 12.8 Å². The highest BCUT2D eigenvalue weighted by atomic mass is 32.2. The molecule has 0 amide bonds. The maximum absolute atomic E-state index is 13.4. The number of benzene rings is 1. The number of hydrogen-bond acceptors (Lipinski definition) is 2. The second kappa shape index (κ2) is 5.85. The van der Waals surface area contributed by atoms with Crippen LogP contribution in [-0.2, 0) is 10.0 Å². The van der Waals surface area contributed by atoms with E-state index in [1.165, 1.54) is 16.4 Å². The number of hydrogen-bond donors (Lipinski definition) is 1. The van der Waals surface area contributed by atoms with Crippen LogP contribution in [0.1, 0.15) is 25.3 Å². The molecule has 1 aromatic carbocycles. The van der Waals surface area contributed by atoms with Gasteiger partial charge in [0.2, 0.25) is 10.0 Å². The first kappa shape index (κ1) is 15.2. The zero-order valence-electron chi connectivity index (χ0n) is 12.5. The second-order valence-electron chi connectivity index (χ2n) is 5.55. The van der Waals surface area contributed by atoms with Crippen molar-refractivity contribution in [3.8, 4) is 0 Å². The number of fused-ring (bicyclic) bond motifs is 1. The Kier molecular flexibility index (Phi) is 4.06. The lowest BCUT2D eigenvalue weighted by atomic mass is 10.00. The molecule has 4 nitrogen and oxygen atoms in total. The van der Waals surface area contributed by atoms with Crippen LogP contribution in [0.5, 0.6) is 0 Å². The molecule has 118 valence electrons. The molecule has 2 heterocycles. The second-order valence-corrected chi connectivity index (χ2v) is 7.63. The molecule has 0 spiro atoms. The lowest BCUT2D eigenvalue weighted by Crippen LogP contribution is -2.36. The molecule has 0 bridgehead atoms. The molecular formula is C16H19FN2O2S. The fraction of sp³-hybridized carbons (Fsp3) is 0.375. The zero-order chi connectivity index (χ0) is 15.7. The third kappa shape index (κ3) is 2.80. The molecule has 0 saturated carbocycles. The molecule has 1 N–H and O–H groups in total. The number of aromatic nitrogens is 1. The summed E-state index contributed by atoms with van der Waals surface area (Å²) in [5.41, 5.74) is 2.92. The van der Waals surface area contributed by atoms with E-state index in [1.54, 1.807) is 6.07 Å². The van der Waals surface area contributed by atoms with Crippen molar-refractivity contribution in [1.29, 1.82) is 0 Å². The van der Waals surface area contributed by atoms with Crippen LogP contribution in [0.3, 0.4) is 0 Å². The Morgan fingerprint density at radius 2 is 2.18 bits per heavy atom. The Hall–Kier alpha value is -1.66. The van der Waals surface area contributed by atoms with Crippen LogP contribution in [-0.4, -0.2) is 36.5 Å². The SMILES string of the molecule is CCCS(=O)(=O)N1CC=C(c2c[nH]c3ccc(F)cc23)CC1. The van der Waals surface area contributed by atoms with Crippen LogP contribution < -0.4 is 0 Å². The predicted octanol–water partition coefficient (Wildman–Crippen LogP) is 3.14. The molecular weight excluding hydrogens is 303 g/mol. The van der Waals surface area contributed by atoms with Crippen molar-refractivity contribution in [2.24, 2.45) is 0 Å². The third-order valence-electron chi connectivity index (χ3n) is 4.02. The zero-order valence-corrected chi connectivity index (χ0v) is 13.3. The molecule has 0 saturated heterocycles. The summed E-state index contributed by atoms with van der Waals surface area (Å²) in [5, 5.41) is 0.844. The van der Waals surface area contributed by atoms with E-state index in [9.17, 15) is 12.8 Å². The van der Waals surface area contributed by atoms with Crippen molar-refractivity contribution in [3.63, 3.8) is 0 Å². The molecule has 0 fully saturated rings. The molecule has 2 aromatic rings. The fourth-order valence-electron chi connectivity index (χ4n) is 2.89. The van der Waals surface area contributed by atoms with E-state index >= 15 is 0 Å². The minimum Gasteiger partial charge on any atom is -0.361 e. The van der Waals surface area contributed by atoms with Crippen molar-refractivity contribution in [2.75, 3.05) is 18.8 Å². The maximum Gasteiger partial charge on any atom is 0.214 e. The van der Waals surface area contributed by atoms with E-state index in [0.29, 0.717) is 25.9 Å². The van der Waals surface area contributed by atoms with Gasteiger partial charge >= 0.3 is 0 Å². The number of nitrogens with zero attached hydrogens (tertiary/aromatic N) is 1. The van der Waals surface area contributed by atoms with Crippen molar-refractivity contribution >= 4 is 26.5 Å². The van der Waals surface area contributed by atoms with Gasteiger partial charge in [0.05, 0.1) is 5.75 Å². The third-order valence-corrected chi connectivity index (χ3v) is 6.06. The van der Waals surface area contributed by atoms with Crippen LogP contribution in [0.25, 0.3) is 16.5 Å². The number of rotatable bonds is 4.